The summed E-state index contributed by atoms with van der Waals surface area (Å²) in [5.41, 5.74) is 9.99. The van der Waals surface area contributed by atoms with E-state index >= 15 is 0 Å². The Labute approximate surface area is 172 Å². The van der Waals surface area contributed by atoms with Gasteiger partial charge in [0.25, 0.3) is 0 Å². The first-order valence-electron chi connectivity index (χ1n) is 9.84. The first-order chi connectivity index (χ1) is 13.2. The van der Waals surface area contributed by atoms with Crippen molar-refractivity contribution in [2.45, 2.75) is 52.9 Å². The molecule has 148 valence electrons. The Balaban J connectivity index is 2.12. The average Bonchev–Trinajstić information content (AvgIpc) is 2.65. The summed E-state index contributed by atoms with van der Waals surface area (Å²) >= 11 is 6.60. The molecule has 0 spiro atoms. The Morgan fingerprint density at radius 3 is 2.29 bits per heavy atom. The number of hydrogen-bond acceptors (Lipinski definition) is 3. The number of carbonyl (C=O) groups is 1. The van der Waals surface area contributed by atoms with Crippen LogP contribution in [0.25, 0.3) is 16.7 Å². The van der Waals surface area contributed by atoms with Gasteiger partial charge in [-0.1, -0.05) is 49.9 Å². The quantitative estimate of drug-likeness (QED) is 0.341. The van der Waals surface area contributed by atoms with E-state index in [1.54, 1.807) is 0 Å². The Morgan fingerprint density at radius 1 is 1.11 bits per heavy atom. The molecule has 0 amide bonds. The van der Waals surface area contributed by atoms with Crippen LogP contribution in [-0.2, 0) is 4.79 Å². The molecule has 3 nitrogen and oxygen atoms in total. The molecule has 0 saturated heterocycles. The molecule has 0 atom stereocenters. The molecule has 1 saturated carbocycles. The Bertz CT molecular complexity index is 922. The maximum atomic E-state index is 12.6. The van der Waals surface area contributed by atoms with Crippen LogP contribution in [0.4, 0.5) is 5.69 Å². The van der Waals surface area contributed by atoms with Gasteiger partial charge in [0.05, 0.1) is 5.57 Å². The first-order valence-corrected chi connectivity index (χ1v) is 10.2. The first kappa shape index (κ1) is 20.5. The van der Waals surface area contributed by atoms with Crippen molar-refractivity contribution in [3.8, 4) is 11.1 Å². The van der Waals surface area contributed by atoms with Crippen LogP contribution in [0.3, 0.4) is 0 Å². The lowest BCUT2D eigenvalue weighted by molar-refractivity contribution is -0.112. The fraction of sp³-hybridized carbons (Fsp3) is 0.375. The monoisotopic (exact) mass is 397 g/mol. The highest BCUT2D eigenvalue weighted by atomic mass is 35.5. The predicted molar refractivity (Wildman–Crippen MR) is 117 cm³/mol. The maximum absolute atomic E-state index is 12.6. The summed E-state index contributed by atoms with van der Waals surface area (Å²) < 4.78 is 0. The van der Waals surface area contributed by atoms with Crippen LogP contribution in [0.5, 0.6) is 0 Å². The molecular formula is C24H28ClNO2. The topological polar surface area (TPSA) is 63.3 Å². The number of Topliss-reactive ketones (excluding diaryl/α,β-unsaturated/α-hetero) is 1. The van der Waals surface area contributed by atoms with Crippen LogP contribution in [0.15, 0.2) is 42.2 Å². The van der Waals surface area contributed by atoms with E-state index in [0.29, 0.717) is 21.8 Å². The lowest BCUT2D eigenvalue weighted by Gasteiger charge is -2.34. The number of halogens is 1. The van der Waals surface area contributed by atoms with Crippen molar-refractivity contribution >= 4 is 28.6 Å². The lowest BCUT2D eigenvalue weighted by Crippen LogP contribution is -2.25. The molecule has 1 aliphatic carbocycles. The normalized spacial score (nSPS) is 17.1. The number of aryl methyl sites for hydroxylation is 1. The highest BCUT2D eigenvalue weighted by Gasteiger charge is 2.35. The largest absolute Gasteiger partial charge is 0.511 e. The van der Waals surface area contributed by atoms with Gasteiger partial charge in [-0.25, -0.2) is 0 Å². The molecule has 28 heavy (non-hydrogen) atoms. The summed E-state index contributed by atoms with van der Waals surface area (Å²) in [5, 5.41) is 11.7. The molecule has 0 aromatic heterocycles. The summed E-state index contributed by atoms with van der Waals surface area (Å²) in [5.74, 6) is 0.0720. The molecule has 4 heteroatoms. The number of allylic oxidation sites excluding steroid dienone is 2. The zero-order chi connectivity index (χ0) is 20.5. The maximum Gasteiger partial charge on any atom is 0.163 e. The zero-order valence-electron chi connectivity index (χ0n) is 16.8. The lowest BCUT2D eigenvalue weighted by atomic mass is 9.72. The van der Waals surface area contributed by atoms with E-state index in [-0.39, 0.29) is 17.0 Å². The highest BCUT2D eigenvalue weighted by Crippen LogP contribution is 2.45. The smallest absolute Gasteiger partial charge is 0.163 e. The fourth-order valence-electron chi connectivity index (χ4n) is 4.19. The number of anilines is 1. The van der Waals surface area contributed by atoms with Gasteiger partial charge in [-0.05, 0) is 67.6 Å². The van der Waals surface area contributed by atoms with Crippen LogP contribution >= 0.6 is 11.6 Å². The Hall–Kier alpha value is -2.26. The minimum atomic E-state index is -0.353. The van der Waals surface area contributed by atoms with Crippen LogP contribution in [0, 0.1) is 12.3 Å². The summed E-state index contributed by atoms with van der Waals surface area (Å²) in [7, 11) is 0. The van der Waals surface area contributed by atoms with E-state index in [4.69, 9.17) is 17.3 Å². The van der Waals surface area contributed by atoms with Crippen LogP contribution < -0.4 is 5.73 Å². The van der Waals surface area contributed by atoms with Gasteiger partial charge >= 0.3 is 0 Å². The summed E-state index contributed by atoms with van der Waals surface area (Å²) in [6.07, 6.45) is 5.11. The van der Waals surface area contributed by atoms with Crippen molar-refractivity contribution in [2.24, 2.45) is 5.41 Å². The SMILES string of the molecule is CC(=O)/C(=C(/O)C1(C)CCCCC1)c1cc(Cl)c(-c2ccc(N)cc2)cc1C. The second kappa shape index (κ2) is 8.00. The van der Waals surface area contributed by atoms with Gasteiger partial charge in [0.2, 0.25) is 0 Å². The van der Waals surface area contributed by atoms with E-state index in [0.717, 1.165) is 42.4 Å². The number of benzene rings is 2. The molecule has 0 bridgehead atoms. The van der Waals surface area contributed by atoms with Crippen molar-refractivity contribution in [1.29, 1.82) is 0 Å². The van der Waals surface area contributed by atoms with Crippen LogP contribution in [-0.4, -0.2) is 10.9 Å². The van der Waals surface area contributed by atoms with Crippen molar-refractivity contribution in [3.05, 3.63) is 58.3 Å². The summed E-state index contributed by atoms with van der Waals surface area (Å²) in [4.78, 5) is 12.6. The Kier molecular flexibility index (Phi) is 5.85. The molecular weight excluding hydrogens is 370 g/mol. The third-order valence-corrected chi connectivity index (χ3v) is 6.24. The van der Waals surface area contributed by atoms with E-state index in [1.165, 1.54) is 13.3 Å². The molecule has 3 rings (SSSR count). The third kappa shape index (κ3) is 3.95. The zero-order valence-corrected chi connectivity index (χ0v) is 17.6. The molecule has 0 unspecified atom stereocenters. The number of hydrogen-bond donors (Lipinski definition) is 2. The number of aliphatic hydroxyl groups is 1. The fourth-order valence-corrected chi connectivity index (χ4v) is 4.46. The molecule has 0 radical (unpaired) electrons. The van der Waals surface area contributed by atoms with E-state index in [1.807, 2.05) is 43.3 Å². The van der Waals surface area contributed by atoms with E-state index < -0.39 is 0 Å². The summed E-state index contributed by atoms with van der Waals surface area (Å²) in [6, 6.07) is 11.3. The third-order valence-electron chi connectivity index (χ3n) is 5.92. The van der Waals surface area contributed by atoms with E-state index in [2.05, 4.69) is 6.92 Å². The standard InChI is InChI=1S/C24H28ClNO2/c1-15-13-20(17-7-9-18(26)10-8-17)21(25)14-19(15)22(16(2)27)23(28)24(3)11-5-4-6-12-24/h7-10,13-14,28H,4-6,11-12,26H2,1-3H3/b23-22-. The van der Waals surface area contributed by atoms with Gasteiger partial charge in [0.1, 0.15) is 5.76 Å². The average molecular weight is 398 g/mol. The number of aliphatic hydroxyl groups excluding tert-OH is 1. The van der Waals surface area contributed by atoms with Gasteiger partial charge < -0.3 is 10.8 Å². The van der Waals surface area contributed by atoms with Crippen molar-refractivity contribution in [3.63, 3.8) is 0 Å². The van der Waals surface area contributed by atoms with Crippen LogP contribution in [0.1, 0.15) is 57.1 Å². The second-order valence-corrected chi connectivity index (χ2v) is 8.58. The number of carbonyl (C=O) groups excluding carboxylic acids is 1. The molecule has 2 aromatic rings. The number of nitrogens with two attached hydrogens (primary N) is 1. The molecule has 3 N–H and O–H groups in total. The number of rotatable bonds is 4. The van der Waals surface area contributed by atoms with E-state index in [9.17, 15) is 9.90 Å². The molecule has 2 aromatic carbocycles. The molecule has 0 heterocycles. The van der Waals surface area contributed by atoms with Gasteiger partial charge in [-0.3, -0.25) is 4.79 Å². The highest BCUT2D eigenvalue weighted by molar-refractivity contribution is 6.34. The van der Waals surface area contributed by atoms with Gasteiger partial charge in [0.15, 0.2) is 5.78 Å². The predicted octanol–water partition coefficient (Wildman–Crippen LogP) is 6.73. The number of nitrogen functional groups attached to an aromatic ring is 1. The minimum absolute atomic E-state index is 0.135. The van der Waals surface area contributed by atoms with Gasteiger partial charge in [-0.2, -0.15) is 0 Å². The molecule has 1 aliphatic rings. The van der Waals surface area contributed by atoms with Crippen molar-refractivity contribution in [2.75, 3.05) is 5.73 Å². The number of ketones is 1. The minimum Gasteiger partial charge on any atom is -0.511 e. The molecule has 0 aliphatic heterocycles. The van der Waals surface area contributed by atoms with Gasteiger partial charge in [0, 0.05) is 21.7 Å². The Morgan fingerprint density at radius 2 is 1.71 bits per heavy atom. The second-order valence-electron chi connectivity index (χ2n) is 8.17. The van der Waals surface area contributed by atoms with Gasteiger partial charge in [-0.15, -0.1) is 0 Å². The molecule has 1 fully saturated rings. The van der Waals surface area contributed by atoms with Crippen molar-refractivity contribution < 1.29 is 9.90 Å². The van der Waals surface area contributed by atoms with Crippen molar-refractivity contribution in [1.82, 2.24) is 0 Å². The van der Waals surface area contributed by atoms with Crippen LogP contribution in [0.2, 0.25) is 5.02 Å². The summed E-state index contributed by atoms with van der Waals surface area (Å²) in [6.45, 7) is 5.52.